The molecule has 0 radical (unpaired) electrons. The van der Waals surface area contributed by atoms with Gasteiger partial charge in [-0.3, -0.25) is 0 Å². The Morgan fingerprint density at radius 2 is 1.25 bits per heavy atom. The molecule has 36 heavy (non-hydrogen) atoms. The van der Waals surface area contributed by atoms with Crippen LogP contribution in [0.15, 0.2) is 30.3 Å². The van der Waals surface area contributed by atoms with Gasteiger partial charge in [-0.25, -0.2) is 0 Å². The van der Waals surface area contributed by atoms with Crippen LogP contribution in [0.4, 0.5) is 0 Å². The fraction of sp³-hybridized carbons (Fsp3) is 0.800. The van der Waals surface area contributed by atoms with Crippen LogP contribution >= 0.6 is 0 Å². The van der Waals surface area contributed by atoms with E-state index in [1.807, 2.05) is 0 Å². The minimum Gasteiger partial charge on any atom is -0.414 e. The molecule has 1 aliphatic heterocycles. The quantitative estimate of drug-likeness (QED) is 0.314. The molecule has 0 N–H and O–H groups in total. The number of hydrogen-bond donors (Lipinski definition) is 0. The average molecular weight is 557 g/mol. The fourth-order valence-electron chi connectivity index (χ4n) is 11.1. The molecule has 4 unspecified atom stereocenters. The Morgan fingerprint density at radius 1 is 0.750 bits per heavy atom. The van der Waals surface area contributed by atoms with Gasteiger partial charge < -0.3 is 8.85 Å². The Hall–Kier alpha value is 0.00753. The van der Waals surface area contributed by atoms with E-state index in [4.69, 9.17) is 8.85 Å². The Kier molecular flexibility index (Phi) is 5.85. The summed E-state index contributed by atoms with van der Waals surface area (Å²) in [6, 6.07) is 11.4. The molecule has 0 aromatic heterocycles. The van der Waals surface area contributed by atoms with Crippen molar-refractivity contribution in [1.29, 1.82) is 0 Å². The van der Waals surface area contributed by atoms with Crippen LogP contribution in [-0.2, 0) is 8.85 Å². The molecule has 1 saturated heterocycles. The van der Waals surface area contributed by atoms with Crippen LogP contribution in [0.3, 0.4) is 0 Å². The molecule has 1 aromatic carbocycles. The lowest BCUT2D eigenvalue weighted by Gasteiger charge is -2.79. The first kappa shape index (κ1) is 26.2. The molecule has 2 nitrogen and oxygen atoms in total. The highest BCUT2D eigenvalue weighted by Crippen LogP contribution is 2.74. The van der Waals surface area contributed by atoms with Crippen LogP contribution in [0.2, 0.25) is 58.9 Å². The normalized spacial score (nSPS) is 43.4. The lowest BCUT2D eigenvalue weighted by atomic mass is 9.47. The third-order valence-corrected chi connectivity index (χ3v) is 48.1. The zero-order chi connectivity index (χ0) is 25.9. The Balaban J connectivity index is 1.54. The lowest BCUT2D eigenvalue weighted by Crippen LogP contribution is -2.99. The van der Waals surface area contributed by atoms with Crippen molar-refractivity contribution in [2.24, 2.45) is 29.1 Å². The third kappa shape index (κ3) is 3.56. The maximum atomic E-state index is 8.06. The zero-order valence-electron chi connectivity index (χ0n) is 24.6. The molecule has 200 valence electrons. The van der Waals surface area contributed by atoms with E-state index in [0.717, 1.165) is 17.8 Å². The Morgan fingerprint density at radius 3 is 1.69 bits per heavy atom. The van der Waals surface area contributed by atoms with Gasteiger partial charge in [0.05, 0.1) is 26.5 Å². The molecule has 4 bridgehead atoms. The second kappa shape index (κ2) is 8.03. The second-order valence-electron chi connectivity index (χ2n) is 16.8. The smallest absolute Gasteiger partial charge is 0.202 e. The predicted molar refractivity (Wildman–Crippen MR) is 162 cm³/mol. The molecule has 6 aliphatic rings. The van der Waals surface area contributed by atoms with Crippen molar-refractivity contribution in [3.63, 3.8) is 0 Å². The zero-order valence-corrected chi connectivity index (χ0v) is 28.6. The molecule has 6 fully saturated rings. The first-order chi connectivity index (χ1) is 16.6. The highest BCUT2D eigenvalue weighted by molar-refractivity contribution is 7.68. The minimum absolute atomic E-state index is 0.0592. The van der Waals surface area contributed by atoms with Crippen molar-refractivity contribution in [3.05, 3.63) is 35.9 Å². The molecule has 0 amide bonds. The van der Waals surface area contributed by atoms with Gasteiger partial charge in [0.15, 0.2) is 8.32 Å². The van der Waals surface area contributed by atoms with E-state index < -0.39 is 30.9 Å². The maximum Gasteiger partial charge on any atom is 0.202 e. The van der Waals surface area contributed by atoms with E-state index in [0.29, 0.717) is 23.4 Å². The minimum atomic E-state index is -2.15. The van der Waals surface area contributed by atoms with E-state index in [1.165, 1.54) is 44.9 Å². The molecule has 5 aliphatic carbocycles. The summed E-state index contributed by atoms with van der Waals surface area (Å²) in [4.78, 5) is 0. The van der Waals surface area contributed by atoms with Gasteiger partial charge in [-0.2, -0.15) is 0 Å². The summed E-state index contributed by atoms with van der Waals surface area (Å²) in [5.74, 6) is 4.20. The summed E-state index contributed by atoms with van der Waals surface area (Å²) < 4.78 is 15.9. The largest absolute Gasteiger partial charge is 0.414 e. The SMILES string of the molecule is C[Si](C)(C)OC1(C23CC4CC(CC(C4)C2)C3)C(C2CC2c2ccccc2)O[Si]1([Si](C)(C)C)[Si](C)(C)C. The van der Waals surface area contributed by atoms with Crippen LogP contribution in [0.25, 0.3) is 0 Å². The van der Waals surface area contributed by atoms with Gasteiger partial charge >= 0.3 is 0 Å². The topological polar surface area (TPSA) is 18.5 Å². The number of rotatable bonds is 7. The van der Waals surface area contributed by atoms with Crippen LogP contribution in [0.1, 0.15) is 56.4 Å². The highest BCUT2D eigenvalue weighted by Gasteiger charge is 2.87. The van der Waals surface area contributed by atoms with E-state index in [1.54, 1.807) is 5.56 Å². The summed E-state index contributed by atoms with van der Waals surface area (Å²) in [7, 11) is -7.24. The van der Waals surface area contributed by atoms with Gasteiger partial charge in [0.25, 0.3) is 0 Å². The second-order valence-corrected chi connectivity index (χ2v) is 47.3. The van der Waals surface area contributed by atoms with E-state index in [9.17, 15) is 0 Å². The molecule has 1 aromatic rings. The van der Waals surface area contributed by atoms with Gasteiger partial charge in [-0.05, 0) is 99.7 Å². The monoisotopic (exact) mass is 556 g/mol. The van der Waals surface area contributed by atoms with Crippen molar-refractivity contribution in [2.75, 3.05) is 0 Å². The summed E-state index contributed by atoms with van der Waals surface area (Å²) >= 11 is 0. The van der Waals surface area contributed by atoms with Gasteiger partial charge in [0, 0.05) is 5.41 Å². The predicted octanol–water partition coefficient (Wildman–Crippen LogP) is 8.31. The Bertz CT molecular complexity index is 955. The molecule has 4 atom stereocenters. The van der Waals surface area contributed by atoms with Crippen LogP contribution in [0, 0.1) is 29.1 Å². The van der Waals surface area contributed by atoms with E-state index in [2.05, 4.69) is 89.3 Å². The van der Waals surface area contributed by atoms with Crippen molar-refractivity contribution in [3.8, 4) is 0 Å². The lowest BCUT2D eigenvalue weighted by molar-refractivity contribution is -0.212. The van der Waals surface area contributed by atoms with Crippen LogP contribution in [-0.4, -0.2) is 42.2 Å². The van der Waals surface area contributed by atoms with Crippen LogP contribution in [0.5, 0.6) is 0 Å². The van der Waals surface area contributed by atoms with E-state index in [-0.39, 0.29) is 5.22 Å². The van der Waals surface area contributed by atoms with Crippen molar-refractivity contribution >= 4 is 30.9 Å². The summed E-state index contributed by atoms with van der Waals surface area (Å²) in [5.41, 5.74) is 1.93. The fourth-order valence-corrected chi connectivity index (χ4v) is 61.4. The molecule has 0 spiro atoms. The third-order valence-electron chi connectivity index (χ3n) is 11.1. The van der Waals surface area contributed by atoms with Gasteiger partial charge in [-0.1, -0.05) is 69.6 Å². The molecule has 1 heterocycles. The van der Waals surface area contributed by atoms with Crippen molar-refractivity contribution in [1.82, 2.24) is 0 Å². The Labute approximate surface area is 225 Å². The molecule has 5 saturated carbocycles. The molecule has 7 rings (SSSR count). The number of benzene rings is 1. The molecular weight excluding hydrogens is 505 g/mol. The van der Waals surface area contributed by atoms with Crippen molar-refractivity contribution in [2.45, 2.75) is 121 Å². The first-order valence-corrected chi connectivity index (χ1v) is 29.4. The highest BCUT2D eigenvalue weighted by atomic mass is 29.7. The van der Waals surface area contributed by atoms with Gasteiger partial charge in [-0.15, -0.1) is 0 Å². The maximum absolute atomic E-state index is 8.06. The first-order valence-electron chi connectivity index (χ1n) is 15.1. The van der Waals surface area contributed by atoms with E-state index >= 15 is 0 Å². The van der Waals surface area contributed by atoms with Crippen molar-refractivity contribution < 1.29 is 8.85 Å². The average Bonchev–Trinajstić information content (AvgIpc) is 3.48. The van der Waals surface area contributed by atoms with Crippen LogP contribution < -0.4 is 0 Å². The summed E-state index contributed by atoms with van der Waals surface area (Å²) in [5, 5.41) is 0.0592. The summed E-state index contributed by atoms with van der Waals surface area (Å²) in [6.07, 6.45) is 10.5. The molecule has 6 heteroatoms. The molecular formula is C30H52O2Si4. The van der Waals surface area contributed by atoms with Gasteiger partial charge in [0.2, 0.25) is 7.35 Å². The van der Waals surface area contributed by atoms with Gasteiger partial charge in [0.1, 0.15) is 0 Å². The standard InChI is InChI=1S/C30H52O2Si4/c1-33(2,3)32-30(29-19-22-15-23(20-29)17-24(16-22)21-29)28(27-18-26(27)25-13-11-10-12-14-25)31-36(30,34(4,5)6)35(7,8)9/h10-14,22-24,26-28H,15-21H2,1-9H3. The number of hydrogen-bond acceptors (Lipinski definition) is 2. The summed E-state index contributed by atoms with van der Waals surface area (Å²) in [6.45, 7) is 23.7.